The van der Waals surface area contributed by atoms with Crippen LogP contribution in [0.3, 0.4) is 0 Å². The standard InChI is InChI=1S/C30H36N4O2/c1-29(2,3)23-14-7-9-16-25(23)33-19-35-27(31-33)21-12-11-13-22(18-21)28-32-34(20-36-28)26-17-10-8-15-24(26)30(4,5)6/h7-17,21H,18-20H2,1-6H3. The summed E-state index contributed by atoms with van der Waals surface area (Å²) < 4.78 is 12.2. The van der Waals surface area contributed by atoms with Crippen molar-refractivity contribution in [3.63, 3.8) is 0 Å². The SMILES string of the molecule is CC(C)(C)c1ccccc1N1COC(C2=CC=CC(C3=NN(c4ccccc4C(C)(C)C)CO3)C2)=N1. The molecule has 0 saturated heterocycles. The summed E-state index contributed by atoms with van der Waals surface area (Å²) in [5, 5.41) is 13.7. The largest absolute Gasteiger partial charge is 0.456 e. The molecule has 0 amide bonds. The Morgan fingerprint density at radius 2 is 1.31 bits per heavy atom. The number of nitrogens with zero attached hydrogens (tertiary/aromatic N) is 4. The molecule has 1 unspecified atom stereocenters. The Hall–Kier alpha value is -3.54. The second-order valence-corrected chi connectivity index (χ2v) is 11.6. The molecule has 5 rings (SSSR count). The highest BCUT2D eigenvalue weighted by atomic mass is 16.5. The van der Waals surface area contributed by atoms with E-state index < -0.39 is 0 Å². The van der Waals surface area contributed by atoms with Gasteiger partial charge in [0.05, 0.1) is 17.3 Å². The number of rotatable bonds is 4. The summed E-state index contributed by atoms with van der Waals surface area (Å²) in [7, 11) is 0. The molecule has 3 aliphatic rings. The fourth-order valence-electron chi connectivity index (χ4n) is 4.85. The molecule has 0 fully saturated rings. The van der Waals surface area contributed by atoms with Gasteiger partial charge in [0, 0.05) is 5.57 Å². The van der Waals surface area contributed by atoms with Crippen LogP contribution in [0.4, 0.5) is 11.4 Å². The van der Waals surface area contributed by atoms with E-state index in [1.807, 2.05) is 10.0 Å². The van der Waals surface area contributed by atoms with Gasteiger partial charge in [0.2, 0.25) is 11.8 Å². The first-order chi connectivity index (χ1) is 17.1. The third-order valence-electron chi connectivity index (χ3n) is 6.74. The Morgan fingerprint density at radius 3 is 1.92 bits per heavy atom. The maximum Gasteiger partial charge on any atom is 0.236 e. The molecule has 2 aliphatic heterocycles. The van der Waals surface area contributed by atoms with Crippen molar-refractivity contribution >= 4 is 23.2 Å². The third-order valence-corrected chi connectivity index (χ3v) is 6.74. The van der Waals surface area contributed by atoms with E-state index in [2.05, 4.69) is 108 Å². The summed E-state index contributed by atoms with van der Waals surface area (Å²) in [6.07, 6.45) is 7.01. The van der Waals surface area contributed by atoms with Crippen molar-refractivity contribution in [2.75, 3.05) is 23.5 Å². The van der Waals surface area contributed by atoms with Gasteiger partial charge in [0.1, 0.15) is 0 Å². The summed E-state index contributed by atoms with van der Waals surface area (Å²) in [4.78, 5) is 0. The summed E-state index contributed by atoms with van der Waals surface area (Å²) in [5.41, 5.74) is 5.76. The van der Waals surface area contributed by atoms with E-state index >= 15 is 0 Å². The number of hydrogen-bond donors (Lipinski definition) is 0. The van der Waals surface area contributed by atoms with Crippen molar-refractivity contribution in [3.05, 3.63) is 83.5 Å². The van der Waals surface area contributed by atoms with Crippen molar-refractivity contribution in [1.29, 1.82) is 0 Å². The second kappa shape index (κ2) is 9.16. The van der Waals surface area contributed by atoms with Gasteiger partial charge in [-0.2, -0.15) is 0 Å². The van der Waals surface area contributed by atoms with E-state index in [4.69, 9.17) is 19.7 Å². The molecule has 0 aromatic heterocycles. The number of benzene rings is 2. The molecule has 188 valence electrons. The lowest BCUT2D eigenvalue weighted by Crippen LogP contribution is -2.20. The first kappa shape index (κ1) is 24.2. The minimum absolute atomic E-state index is 0.0161. The average Bonchev–Trinajstić information content (AvgIpc) is 3.54. The van der Waals surface area contributed by atoms with Crippen molar-refractivity contribution in [1.82, 2.24) is 0 Å². The number of para-hydroxylation sites is 2. The zero-order chi connectivity index (χ0) is 25.5. The van der Waals surface area contributed by atoms with Crippen LogP contribution < -0.4 is 10.0 Å². The van der Waals surface area contributed by atoms with Crippen LogP contribution in [0.2, 0.25) is 0 Å². The second-order valence-electron chi connectivity index (χ2n) is 11.6. The molecule has 0 bridgehead atoms. The highest BCUT2D eigenvalue weighted by Gasteiger charge is 2.32. The zero-order valence-corrected chi connectivity index (χ0v) is 22.2. The number of ether oxygens (including phenoxy) is 2. The van der Waals surface area contributed by atoms with Crippen LogP contribution in [0, 0.1) is 5.92 Å². The lowest BCUT2D eigenvalue weighted by molar-refractivity contribution is 0.318. The third kappa shape index (κ3) is 4.77. The van der Waals surface area contributed by atoms with Crippen LogP contribution in [0.5, 0.6) is 0 Å². The Morgan fingerprint density at radius 1 is 0.750 bits per heavy atom. The molecular formula is C30H36N4O2. The van der Waals surface area contributed by atoms with Gasteiger partial charge in [-0.15, -0.1) is 10.2 Å². The van der Waals surface area contributed by atoms with Gasteiger partial charge in [0.15, 0.2) is 13.5 Å². The quantitative estimate of drug-likeness (QED) is 0.485. The van der Waals surface area contributed by atoms with E-state index in [-0.39, 0.29) is 16.7 Å². The van der Waals surface area contributed by atoms with Crippen LogP contribution >= 0.6 is 0 Å². The molecule has 6 nitrogen and oxygen atoms in total. The number of hydrazone groups is 2. The summed E-state index contributed by atoms with van der Waals surface area (Å²) in [5.74, 6) is 1.44. The van der Waals surface area contributed by atoms with Gasteiger partial charge < -0.3 is 9.47 Å². The molecular weight excluding hydrogens is 448 g/mol. The van der Waals surface area contributed by atoms with Gasteiger partial charge in [-0.1, -0.05) is 96.2 Å². The molecule has 2 heterocycles. The van der Waals surface area contributed by atoms with Gasteiger partial charge in [0.25, 0.3) is 0 Å². The number of hydrogen-bond acceptors (Lipinski definition) is 6. The molecule has 6 heteroatoms. The summed E-state index contributed by atoms with van der Waals surface area (Å²) in [6, 6.07) is 16.8. The van der Waals surface area contributed by atoms with Crippen LogP contribution in [0.15, 0.2) is 82.5 Å². The van der Waals surface area contributed by atoms with Crippen LogP contribution in [-0.2, 0) is 20.3 Å². The monoisotopic (exact) mass is 484 g/mol. The summed E-state index contributed by atoms with van der Waals surface area (Å²) >= 11 is 0. The molecule has 2 aromatic carbocycles. The number of allylic oxidation sites excluding steroid dienone is 2. The topological polar surface area (TPSA) is 49.7 Å². The Bertz CT molecular complexity index is 1260. The maximum absolute atomic E-state index is 6.09. The normalized spacial score (nSPS) is 20.1. The first-order valence-corrected chi connectivity index (χ1v) is 12.7. The van der Waals surface area contributed by atoms with Gasteiger partial charge in [-0.25, -0.2) is 10.0 Å². The molecule has 0 spiro atoms. The average molecular weight is 485 g/mol. The predicted octanol–water partition coefficient (Wildman–Crippen LogP) is 6.70. The van der Waals surface area contributed by atoms with Crippen molar-refractivity contribution in [2.45, 2.75) is 58.8 Å². The van der Waals surface area contributed by atoms with Crippen LogP contribution in [0.1, 0.15) is 59.1 Å². The van der Waals surface area contributed by atoms with E-state index in [9.17, 15) is 0 Å². The fraction of sp³-hybridized carbons (Fsp3) is 0.400. The van der Waals surface area contributed by atoms with Crippen molar-refractivity contribution in [3.8, 4) is 0 Å². The van der Waals surface area contributed by atoms with Gasteiger partial charge in [-0.05, 0) is 40.5 Å². The van der Waals surface area contributed by atoms with E-state index in [0.717, 1.165) is 29.3 Å². The highest BCUT2D eigenvalue weighted by Crippen LogP contribution is 2.36. The smallest absolute Gasteiger partial charge is 0.236 e. The number of anilines is 2. The van der Waals surface area contributed by atoms with Crippen LogP contribution in [0.25, 0.3) is 0 Å². The molecule has 0 radical (unpaired) electrons. The minimum atomic E-state index is 0.0161. The lowest BCUT2D eigenvalue weighted by Gasteiger charge is -2.25. The minimum Gasteiger partial charge on any atom is -0.456 e. The molecule has 36 heavy (non-hydrogen) atoms. The molecule has 0 N–H and O–H groups in total. The summed E-state index contributed by atoms with van der Waals surface area (Å²) in [6.45, 7) is 14.1. The van der Waals surface area contributed by atoms with E-state index in [1.54, 1.807) is 0 Å². The van der Waals surface area contributed by atoms with Gasteiger partial charge in [-0.3, -0.25) is 0 Å². The van der Waals surface area contributed by atoms with E-state index in [0.29, 0.717) is 19.4 Å². The molecule has 0 saturated carbocycles. The van der Waals surface area contributed by atoms with Crippen molar-refractivity contribution < 1.29 is 9.47 Å². The molecule has 1 atom stereocenters. The van der Waals surface area contributed by atoms with E-state index in [1.165, 1.54) is 11.1 Å². The Labute approximate surface area is 214 Å². The Kier molecular flexibility index (Phi) is 6.15. The molecule has 1 aliphatic carbocycles. The first-order valence-electron chi connectivity index (χ1n) is 12.7. The fourth-order valence-corrected chi connectivity index (χ4v) is 4.85. The lowest BCUT2D eigenvalue weighted by atomic mass is 9.86. The highest BCUT2D eigenvalue weighted by molar-refractivity contribution is 5.97. The van der Waals surface area contributed by atoms with Gasteiger partial charge >= 0.3 is 0 Å². The maximum atomic E-state index is 6.09. The predicted molar refractivity (Wildman–Crippen MR) is 147 cm³/mol. The van der Waals surface area contributed by atoms with Crippen molar-refractivity contribution in [2.24, 2.45) is 16.1 Å². The Balaban J connectivity index is 1.33. The van der Waals surface area contributed by atoms with Crippen LogP contribution in [-0.4, -0.2) is 25.3 Å². The molecule has 2 aromatic rings. The zero-order valence-electron chi connectivity index (χ0n) is 22.2.